The molecule has 0 bridgehead atoms. The predicted octanol–water partition coefficient (Wildman–Crippen LogP) is 3.38. The number of esters is 1. The molecule has 0 saturated heterocycles. The lowest BCUT2D eigenvalue weighted by atomic mass is 10.1. The Morgan fingerprint density at radius 3 is 2.44 bits per heavy atom. The predicted molar refractivity (Wildman–Crippen MR) is 95.6 cm³/mol. The van der Waals surface area contributed by atoms with E-state index in [9.17, 15) is 9.59 Å². The Hall–Kier alpha value is -2.82. The highest BCUT2D eigenvalue weighted by atomic mass is 16.5. The number of hydrogen-bond acceptors (Lipinski definition) is 4. The highest BCUT2D eigenvalue weighted by molar-refractivity contribution is 5.91. The summed E-state index contributed by atoms with van der Waals surface area (Å²) in [5, 5.41) is 0. The third-order valence-corrected chi connectivity index (χ3v) is 4.23. The third-order valence-electron chi connectivity index (χ3n) is 4.23. The van der Waals surface area contributed by atoms with Crippen molar-refractivity contribution in [3.63, 3.8) is 0 Å². The van der Waals surface area contributed by atoms with Crippen LogP contribution in [-0.4, -0.2) is 37.5 Å². The number of likely N-dealkylation sites (N-methyl/N-ethyl adjacent to an activating group) is 1. The Labute approximate surface area is 148 Å². The van der Waals surface area contributed by atoms with E-state index in [1.54, 1.807) is 37.3 Å². The Balaban J connectivity index is 1.96. The molecule has 132 valence electrons. The summed E-state index contributed by atoms with van der Waals surface area (Å²) >= 11 is 0. The molecule has 0 unspecified atom stereocenters. The van der Waals surface area contributed by atoms with Crippen LogP contribution >= 0.6 is 0 Å². The van der Waals surface area contributed by atoms with Crippen LogP contribution in [0.4, 0.5) is 0 Å². The van der Waals surface area contributed by atoms with Gasteiger partial charge in [-0.2, -0.15) is 0 Å². The van der Waals surface area contributed by atoms with Crippen molar-refractivity contribution in [1.29, 1.82) is 0 Å². The number of ether oxygens (including phenoxy) is 2. The topological polar surface area (TPSA) is 55.8 Å². The summed E-state index contributed by atoms with van der Waals surface area (Å²) in [4.78, 5) is 26.0. The van der Waals surface area contributed by atoms with Crippen LogP contribution in [0.2, 0.25) is 0 Å². The van der Waals surface area contributed by atoms with Crippen molar-refractivity contribution in [2.45, 2.75) is 19.9 Å². The van der Waals surface area contributed by atoms with Gasteiger partial charge in [-0.05, 0) is 37.1 Å². The van der Waals surface area contributed by atoms with Crippen LogP contribution < -0.4 is 4.74 Å². The van der Waals surface area contributed by atoms with E-state index in [4.69, 9.17) is 9.47 Å². The maximum Gasteiger partial charge on any atom is 0.338 e. The number of rotatable bonds is 6. The quantitative estimate of drug-likeness (QED) is 0.756. The molecule has 0 spiro atoms. The molecule has 1 atom stereocenters. The van der Waals surface area contributed by atoms with Crippen LogP contribution in [0.3, 0.4) is 0 Å². The van der Waals surface area contributed by atoms with Crippen molar-refractivity contribution in [3.05, 3.63) is 65.2 Å². The molecule has 0 aliphatic heterocycles. The van der Waals surface area contributed by atoms with Crippen molar-refractivity contribution in [2.75, 3.05) is 20.8 Å². The molecule has 1 amide bonds. The van der Waals surface area contributed by atoms with E-state index in [1.165, 1.54) is 0 Å². The van der Waals surface area contributed by atoms with Gasteiger partial charge in [-0.1, -0.05) is 36.4 Å². The molecule has 0 saturated carbocycles. The first kappa shape index (κ1) is 18.5. The Morgan fingerprint density at radius 2 is 1.80 bits per heavy atom. The van der Waals surface area contributed by atoms with Gasteiger partial charge in [0.25, 0.3) is 5.91 Å². The maximum absolute atomic E-state index is 12.3. The fourth-order valence-corrected chi connectivity index (χ4v) is 2.43. The van der Waals surface area contributed by atoms with Gasteiger partial charge < -0.3 is 14.4 Å². The highest BCUT2D eigenvalue weighted by Crippen LogP contribution is 2.20. The van der Waals surface area contributed by atoms with Gasteiger partial charge in [-0.15, -0.1) is 0 Å². The lowest BCUT2D eigenvalue weighted by Crippen LogP contribution is -2.33. The summed E-state index contributed by atoms with van der Waals surface area (Å²) in [6, 6.07) is 14.6. The van der Waals surface area contributed by atoms with Crippen LogP contribution in [0.1, 0.15) is 34.5 Å². The number of hydrogen-bond donors (Lipinski definition) is 0. The van der Waals surface area contributed by atoms with E-state index in [1.807, 2.05) is 44.2 Å². The molecule has 0 aliphatic carbocycles. The average molecular weight is 341 g/mol. The van der Waals surface area contributed by atoms with Crippen LogP contribution in [0, 0.1) is 6.92 Å². The van der Waals surface area contributed by atoms with Gasteiger partial charge in [0.2, 0.25) is 0 Å². The Morgan fingerprint density at radius 1 is 1.12 bits per heavy atom. The van der Waals surface area contributed by atoms with E-state index < -0.39 is 5.97 Å². The van der Waals surface area contributed by atoms with Gasteiger partial charge in [0.1, 0.15) is 5.75 Å². The molecule has 0 N–H and O–H groups in total. The number of benzene rings is 2. The minimum atomic E-state index is -0.549. The Kier molecular flexibility index (Phi) is 6.17. The largest absolute Gasteiger partial charge is 0.496 e. The van der Waals surface area contributed by atoms with Crippen molar-refractivity contribution >= 4 is 11.9 Å². The minimum absolute atomic E-state index is 0.105. The first-order valence-corrected chi connectivity index (χ1v) is 8.06. The van der Waals surface area contributed by atoms with Crippen LogP contribution in [-0.2, 0) is 9.53 Å². The Bertz CT molecular complexity index is 743. The van der Waals surface area contributed by atoms with Crippen molar-refractivity contribution in [3.8, 4) is 5.75 Å². The summed E-state index contributed by atoms with van der Waals surface area (Å²) in [6.45, 7) is 3.51. The van der Waals surface area contributed by atoms with Gasteiger partial charge in [-0.3, -0.25) is 4.79 Å². The molecule has 0 fully saturated rings. The number of aryl methyl sites for hydroxylation is 1. The number of nitrogens with zero attached hydrogens (tertiary/aromatic N) is 1. The van der Waals surface area contributed by atoms with E-state index >= 15 is 0 Å². The minimum Gasteiger partial charge on any atom is -0.496 e. The van der Waals surface area contributed by atoms with E-state index in [2.05, 4.69) is 0 Å². The zero-order valence-corrected chi connectivity index (χ0v) is 15.0. The molecule has 0 radical (unpaired) electrons. The zero-order chi connectivity index (χ0) is 18.4. The fraction of sp³-hybridized carbons (Fsp3) is 0.300. The second kappa shape index (κ2) is 8.33. The summed E-state index contributed by atoms with van der Waals surface area (Å²) < 4.78 is 10.3. The fourth-order valence-electron chi connectivity index (χ4n) is 2.43. The summed E-state index contributed by atoms with van der Waals surface area (Å²) in [5.41, 5.74) is 2.30. The molecular formula is C20H23NO4. The molecule has 2 aromatic carbocycles. The van der Waals surface area contributed by atoms with E-state index in [-0.39, 0.29) is 18.6 Å². The SMILES string of the molecule is COc1cc(C(=O)OCC(=O)N(C)[C@H](C)c2ccccc2)ccc1C. The van der Waals surface area contributed by atoms with Gasteiger partial charge >= 0.3 is 5.97 Å². The molecule has 2 aromatic rings. The second-order valence-electron chi connectivity index (χ2n) is 5.85. The first-order chi connectivity index (χ1) is 11.9. The van der Waals surface area contributed by atoms with E-state index in [0.717, 1.165) is 11.1 Å². The average Bonchev–Trinajstić information content (AvgIpc) is 2.65. The van der Waals surface area contributed by atoms with Crippen LogP contribution in [0.5, 0.6) is 5.75 Å². The second-order valence-corrected chi connectivity index (χ2v) is 5.85. The van der Waals surface area contributed by atoms with Crippen molar-refractivity contribution in [2.24, 2.45) is 0 Å². The monoisotopic (exact) mass is 341 g/mol. The molecule has 0 aromatic heterocycles. The van der Waals surface area contributed by atoms with Gasteiger partial charge in [-0.25, -0.2) is 4.79 Å². The molecule has 0 heterocycles. The number of carbonyl (C=O) groups excluding carboxylic acids is 2. The van der Waals surface area contributed by atoms with Gasteiger partial charge in [0, 0.05) is 7.05 Å². The molecule has 0 aliphatic rings. The molecule has 5 nitrogen and oxygen atoms in total. The number of methoxy groups -OCH3 is 1. The standard InChI is InChI=1S/C20H23NO4/c1-14-10-11-17(12-18(14)24-4)20(23)25-13-19(22)21(3)15(2)16-8-6-5-7-9-16/h5-12,15H,13H2,1-4H3/t15-/m1/s1. The molecule has 5 heteroatoms. The lowest BCUT2D eigenvalue weighted by molar-refractivity contribution is -0.135. The van der Waals surface area contributed by atoms with Gasteiger partial charge in [0.15, 0.2) is 6.61 Å². The normalized spacial score (nSPS) is 11.5. The summed E-state index contributed by atoms with van der Waals surface area (Å²) in [7, 11) is 3.24. The third kappa shape index (κ3) is 4.59. The zero-order valence-electron chi connectivity index (χ0n) is 15.0. The van der Waals surface area contributed by atoms with Crippen LogP contribution in [0.25, 0.3) is 0 Å². The first-order valence-electron chi connectivity index (χ1n) is 8.06. The molecule has 25 heavy (non-hydrogen) atoms. The molecular weight excluding hydrogens is 318 g/mol. The number of carbonyl (C=O) groups is 2. The smallest absolute Gasteiger partial charge is 0.338 e. The lowest BCUT2D eigenvalue weighted by Gasteiger charge is -2.25. The maximum atomic E-state index is 12.3. The van der Waals surface area contributed by atoms with Gasteiger partial charge in [0.05, 0.1) is 18.7 Å². The summed E-state index contributed by atoms with van der Waals surface area (Å²) in [6.07, 6.45) is 0. The highest BCUT2D eigenvalue weighted by Gasteiger charge is 2.19. The summed E-state index contributed by atoms with van der Waals surface area (Å²) in [5.74, 6) is -0.202. The number of amides is 1. The van der Waals surface area contributed by atoms with E-state index in [0.29, 0.717) is 11.3 Å². The van der Waals surface area contributed by atoms with Crippen molar-refractivity contribution < 1.29 is 19.1 Å². The molecule has 2 rings (SSSR count). The van der Waals surface area contributed by atoms with Crippen LogP contribution in [0.15, 0.2) is 48.5 Å². The van der Waals surface area contributed by atoms with Crippen molar-refractivity contribution in [1.82, 2.24) is 4.90 Å².